The van der Waals surface area contributed by atoms with E-state index in [4.69, 9.17) is 4.74 Å². The van der Waals surface area contributed by atoms with Crippen LogP contribution in [0.1, 0.15) is 0 Å². The van der Waals surface area contributed by atoms with Crippen LogP contribution in [0.15, 0.2) is 340 Å². The molecule has 7 nitrogen and oxygen atoms in total. The van der Waals surface area contributed by atoms with Crippen molar-refractivity contribution in [3.63, 3.8) is 0 Å². The van der Waals surface area contributed by atoms with Crippen molar-refractivity contribution in [3.8, 4) is 17.2 Å². The molecule has 0 N–H and O–H groups in total. The van der Waals surface area contributed by atoms with Crippen molar-refractivity contribution in [1.82, 2.24) is 4.57 Å². The first-order chi connectivity index (χ1) is 46.2. The molecule has 5 heterocycles. The van der Waals surface area contributed by atoms with Gasteiger partial charge in [0.15, 0.2) is 0 Å². The molecule has 0 radical (unpaired) electrons. The van der Waals surface area contributed by atoms with Gasteiger partial charge in [-0.15, -0.1) is 0 Å². The van der Waals surface area contributed by atoms with Gasteiger partial charge in [0.1, 0.15) is 11.5 Å². The van der Waals surface area contributed by atoms with E-state index < -0.39 is 0 Å². The van der Waals surface area contributed by atoms with Crippen LogP contribution in [-0.2, 0) is 0 Å². The highest BCUT2D eigenvalue weighted by Crippen LogP contribution is 2.52. The molecule has 0 spiro atoms. The van der Waals surface area contributed by atoms with E-state index in [9.17, 15) is 0 Å². The monoisotopic (exact) mass is 1190 g/mol. The number of rotatable bonds is 10. The van der Waals surface area contributed by atoms with Crippen molar-refractivity contribution < 1.29 is 4.74 Å². The van der Waals surface area contributed by atoms with Gasteiger partial charge in [-0.1, -0.05) is 194 Å². The molecule has 15 aromatic rings. The number of hydrogen-bond acceptors (Lipinski definition) is 6. The van der Waals surface area contributed by atoms with Crippen LogP contribution in [0, 0.1) is 0 Å². The average Bonchev–Trinajstić information content (AvgIpc) is 1.15. The van der Waals surface area contributed by atoms with Crippen molar-refractivity contribution in [2.24, 2.45) is 0 Å². The summed E-state index contributed by atoms with van der Waals surface area (Å²) in [6.07, 6.45) is 0. The van der Waals surface area contributed by atoms with Gasteiger partial charge in [0.2, 0.25) is 0 Å². The van der Waals surface area contributed by atoms with Crippen LogP contribution in [0.4, 0.5) is 85.3 Å². The van der Waals surface area contributed by atoms with Gasteiger partial charge in [0.25, 0.3) is 13.4 Å². The molecule has 434 valence electrons. The lowest BCUT2D eigenvalue weighted by Gasteiger charge is -2.46. The zero-order valence-electron chi connectivity index (χ0n) is 50.6. The third kappa shape index (κ3) is 8.20. The first-order valence-corrected chi connectivity index (χ1v) is 32.0. The van der Waals surface area contributed by atoms with Crippen LogP contribution in [0.25, 0.3) is 27.5 Å². The highest BCUT2D eigenvalue weighted by atomic mass is 16.5. The maximum atomic E-state index is 7.87. The van der Waals surface area contributed by atoms with Gasteiger partial charge in [-0.2, -0.15) is 0 Å². The Hall–Kier alpha value is -12.2. The van der Waals surface area contributed by atoms with Crippen molar-refractivity contribution in [2.75, 3.05) is 24.5 Å². The third-order valence-electron chi connectivity index (χ3n) is 19.3. The molecule has 0 unspecified atom stereocenters. The minimum absolute atomic E-state index is 0.188. The lowest BCUT2D eigenvalue weighted by atomic mass is 9.30. The van der Waals surface area contributed by atoms with E-state index in [1.165, 1.54) is 21.9 Å². The van der Waals surface area contributed by atoms with Crippen LogP contribution < -0.4 is 62.0 Å². The van der Waals surface area contributed by atoms with Crippen molar-refractivity contribution in [1.29, 1.82) is 0 Å². The molecule has 0 atom stereocenters. The first-order valence-electron chi connectivity index (χ1n) is 32.0. The normalized spacial score (nSPS) is 12.9. The lowest BCUT2D eigenvalue weighted by Crippen LogP contribution is -2.64. The Balaban J connectivity index is 0.941. The second-order valence-electron chi connectivity index (χ2n) is 24.4. The molecule has 0 saturated heterocycles. The number of anilines is 15. The number of ether oxygens (including phenoxy) is 1. The summed E-state index contributed by atoms with van der Waals surface area (Å²) >= 11 is 0. The van der Waals surface area contributed by atoms with E-state index >= 15 is 0 Å². The average molecular weight is 1190 g/mol. The molecule has 19 rings (SSSR count). The van der Waals surface area contributed by atoms with E-state index in [1.54, 1.807) is 0 Å². The largest absolute Gasteiger partial charge is 0.458 e. The smallest absolute Gasteiger partial charge is 0.256 e. The Morgan fingerprint density at radius 3 is 1.16 bits per heavy atom. The minimum atomic E-state index is -0.267. The van der Waals surface area contributed by atoms with Gasteiger partial charge in [-0.05, 0) is 172 Å². The molecule has 0 bridgehead atoms. The highest BCUT2D eigenvalue weighted by Gasteiger charge is 2.49. The first kappa shape index (κ1) is 52.7. The summed E-state index contributed by atoms with van der Waals surface area (Å²) in [6, 6.07) is 124. The maximum Gasteiger partial charge on any atom is 0.256 e. The quantitative estimate of drug-likeness (QED) is 0.127. The Kier molecular flexibility index (Phi) is 12.0. The second kappa shape index (κ2) is 21.2. The fourth-order valence-electron chi connectivity index (χ4n) is 15.5. The van der Waals surface area contributed by atoms with Crippen LogP contribution in [0.2, 0.25) is 0 Å². The number of para-hydroxylation sites is 10. The molecule has 1 aromatic heterocycles. The molecule has 9 heteroatoms. The van der Waals surface area contributed by atoms with Crippen molar-refractivity contribution in [2.45, 2.75) is 0 Å². The summed E-state index contributed by atoms with van der Waals surface area (Å²) in [6.45, 7) is -0.455. The number of nitrogens with zero attached hydrogens (tertiary/aromatic N) is 6. The summed E-state index contributed by atoms with van der Waals surface area (Å²) < 4.78 is 10.3. The van der Waals surface area contributed by atoms with Gasteiger partial charge in [0, 0.05) is 91.1 Å². The molecule has 0 saturated carbocycles. The van der Waals surface area contributed by atoms with Crippen molar-refractivity contribution >= 4 is 153 Å². The van der Waals surface area contributed by atoms with Gasteiger partial charge in [-0.25, -0.2) is 0 Å². The van der Waals surface area contributed by atoms with Gasteiger partial charge < -0.3 is 33.8 Å². The summed E-state index contributed by atoms with van der Waals surface area (Å²) in [5.41, 5.74) is 26.6. The van der Waals surface area contributed by atoms with Gasteiger partial charge in [0.05, 0.1) is 27.8 Å². The minimum Gasteiger partial charge on any atom is -0.458 e. The number of fused-ring (bicyclic) bond motifs is 12. The number of benzene rings is 14. The Morgan fingerprint density at radius 2 is 0.656 bits per heavy atom. The number of hydrogen-bond donors (Lipinski definition) is 0. The Bertz CT molecular complexity index is 5310. The molecule has 0 amide bonds. The van der Waals surface area contributed by atoms with Crippen LogP contribution in [-0.4, -0.2) is 18.0 Å². The standard InChI is InChI=1S/C84H56B2N6O/c1-9-29-57(30-10-1)87(58-31-11-2-12-32-58)65-51-77-82-78(52-65)91(63-41-21-7-22-42-63)75-56-76-71(55-70(75)85(82)68-46-26-28-48-73(68)90(77)62-39-19-6-20-40-62)86-69-49-50-74-81(67-45-25-27-47-72(67)89(74)61-37-17-5-18-38-61)84(69)93-80-54-66(53-79(83(80)86)92(76)64-43-23-8-24-44-64)88(59-33-13-3-14-34-59)60-35-15-4-16-36-60/h1-56H. The molecule has 0 fully saturated rings. The predicted molar refractivity (Wildman–Crippen MR) is 390 cm³/mol. The molecular formula is C84H56B2N6O. The zero-order valence-corrected chi connectivity index (χ0v) is 50.6. The second-order valence-corrected chi connectivity index (χ2v) is 24.4. The van der Waals surface area contributed by atoms with E-state index in [0.29, 0.717) is 0 Å². The fourth-order valence-corrected chi connectivity index (χ4v) is 15.5. The van der Waals surface area contributed by atoms with E-state index in [0.717, 1.165) is 135 Å². The molecule has 14 aromatic carbocycles. The number of aromatic nitrogens is 1. The fraction of sp³-hybridized carbons (Fsp3) is 0. The molecule has 4 aliphatic heterocycles. The predicted octanol–water partition coefficient (Wildman–Crippen LogP) is 18.2. The summed E-state index contributed by atoms with van der Waals surface area (Å²) in [5, 5.41) is 2.22. The van der Waals surface area contributed by atoms with Gasteiger partial charge in [-0.3, -0.25) is 0 Å². The Labute approximate surface area is 540 Å². The van der Waals surface area contributed by atoms with Crippen LogP contribution in [0.5, 0.6) is 11.5 Å². The Morgan fingerprint density at radius 1 is 0.258 bits per heavy atom. The highest BCUT2D eigenvalue weighted by molar-refractivity contribution is 7.03. The topological polar surface area (TPSA) is 30.4 Å². The lowest BCUT2D eigenvalue weighted by molar-refractivity contribution is 0.493. The molecule has 4 aliphatic rings. The SMILES string of the molecule is c1ccc(N(c2ccccc2)c2cc3c4c(c2)N(c2ccccc2)c2cc5c(cc2B4c2ccc4c(c2O3)c2ccccc2n4-c2ccccc2)B2c3ccccc3N(c3ccccc3)c3cc(N(c4ccccc4)c4ccccc4)cc(c32)N5c2ccccc2)cc1. The maximum absolute atomic E-state index is 7.87. The van der Waals surface area contributed by atoms with E-state index in [2.05, 4.69) is 369 Å². The third-order valence-corrected chi connectivity index (χ3v) is 19.3. The molecule has 0 aliphatic carbocycles. The van der Waals surface area contributed by atoms with E-state index in [1.807, 2.05) is 0 Å². The zero-order chi connectivity index (χ0) is 61.1. The summed E-state index contributed by atoms with van der Waals surface area (Å²) in [7, 11) is 0. The van der Waals surface area contributed by atoms with Crippen LogP contribution >= 0.6 is 0 Å². The van der Waals surface area contributed by atoms with Gasteiger partial charge >= 0.3 is 0 Å². The summed E-state index contributed by atoms with van der Waals surface area (Å²) in [4.78, 5) is 12.4. The summed E-state index contributed by atoms with van der Waals surface area (Å²) in [5.74, 6) is 1.69. The molecular weight excluding hydrogens is 1130 g/mol. The van der Waals surface area contributed by atoms with E-state index in [-0.39, 0.29) is 13.4 Å². The van der Waals surface area contributed by atoms with Crippen LogP contribution in [0.3, 0.4) is 0 Å². The van der Waals surface area contributed by atoms with Crippen molar-refractivity contribution in [3.05, 3.63) is 340 Å². The molecule has 93 heavy (non-hydrogen) atoms.